The summed E-state index contributed by atoms with van der Waals surface area (Å²) >= 11 is 0. The molecule has 1 nitrogen and oxygen atoms in total. The third-order valence-corrected chi connectivity index (χ3v) is 1.93. The van der Waals surface area contributed by atoms with Gasteiger partial charge in [0.25, 0.3) is 0 Å². The SMILES string of the molecule is C=CCCCC(C)CC.C=CCO. The first-order valence-corrected chi connectivity index (χ1v) is 5.05. The van der Waals surface area contributed by atoms with Crippen LogP contribution in [0.15, 0.2) is 25.3 Å². The molecule has 0 amide bonds. The molecule has 1 heteroatoms. The van der Waals surface area contributed by atoms with Gasteiger partial charge in [-0.25, -0.2) is 0 Å². The molecule has 1 unspecified atom stereocenters. The Hall–Kier alpha value is -0.560. The van der Waals surface area contributed by atoms with Crippen LogP contribution in [0.5, 0.6) is 0 Å². The monoisotopic (exact) mass is 184 g/mol. The molecule has 1 N–H and O–H groups in total. The Morgan fingerprint density at radius 1 is 1.31 bits per heavy atom. The van der Waals surface area contributed by atoms with Gasteiger partial charge in [-0.2, -0.15) is 0 Å². The summed E-state index contributed by atoms with van der Waals surface area (Å²) in [6.45, 7) is 11.6. The molecule has 78 valence electrons. The van der Waals surface area contributed by atoms with Crippen molar-refractivity contribution in [2.45, 2.75) is 39.5 Å². The van der Waals surface area contributed by atoms with Crippen LogP contribution < -0.4 is 0 Å². The summed E-state index contributed by atoms with van der Waals surface area (Å²) < 4.78 is 0. The van der Waals surface area contributed by atoms with E-state index in [4.69, 9.17) is 5.11 Å². The predicted molar refractivity (Wildman–Crippen MR) is 60.8 cm³/mol. The van der Waals surface area contributed by atoms with Crippen molar-refractivity contribution in [1.29, 1.82) is 0 Å². The van der Waals surface area contributed by atoms with Crippen molar-refractivity contribution in [1.82, 2.24) is 0 Å². The first-order chi connectivity index (χ1) is 6.22. The van der Waals surface area contributed by atoms with Crippen molar-refractivity contribution in [2.75, 3.05) is 6.61 Å². The lowest BCUT2D eigenvalue weighted by molar-refractivity contribution is 0.343. The second-order valence-corrected chi connectivity index (χ2v) is 3.20. The number of aliphatic hydroxyl groups excluding tert-OH is 1. The number of hydrogen-bond donors (Lipinski definition) is 1. The van der Waals surface area contributed by atoms with Gasteiger partial charge in [0.05, 0.1) is 6.61 Å². The van der Waals surface area contributed by atoms with Crippen LogP contribution in [-0.4, -0.2) is 11.7 Å². The summed E-state index contributed by atoms with van der Waals surface area (Å²) in [5.41, 5.74) is 0. The second-order valence-electron chi connectivity index (χ2n) is 3.20. The van der Waals surface area contributed by atoms with E-state index in [0.717, 1.165) is 5.92 Å². The van der Waals surface area contributed by atoms with Crippen LogP contribution in [0, 0.1) is 5.92 Å². The minimum Gasteiger partial charge on any atom is -0.392 e. The van der Waals surface area contributed by atoms with E-state index < -0.39 is 0 Å². The van der Waals surface area contributed by atoms with Gasteiger partial charge in [-0.15, -0.1) is 13.2 Å². The molecule has 1 atom stereocenters. The molecule has 0 aromatic rings. The quantitative estimate of drug-likeness (QED) is 0.494. The fraction of sp³-hybridized carbons (Fsp3) is 0.667. The molecule has 0 spiro atoms. The summed E-state index contributed by atoms with van der Waals surface area (Å²) in [7, 11) is 0. The number of hydrogen-bond acceptors (Lipinski definition) is 1. The van der Waals surface area contributed by atoms with Crippen molar-refractivity contribution < 1.29 is 5.11 Å². The number of rotatable bonds is 6. The summed E-state index contributed by atoms with van der Waals surface area (Å²) in [5, 5.41) is 7.76. The third kappa shape index (κ3) is 18.4. The maximum Gasteiger partial charge on any atom is 0.0609 e. The Bertz CT molecular complexity index is 108. The zero-order chi connectivity index (χ0) is 10.5. The van der Waals surface area contributed by atoms with E-state index in [2.05, 4.69) is 27.0 Å². The van der Waals surface area contributed by atoms with E-state index in [-0.39, 0.29) is 6.61 Å². The summed E-state index contributed by atoms with van der Waals surface area (Å²) in [6.07, 6.45) is 8.62. The van der Waals surface area contributed by atoms with Crippen LogP contribution in [-0.2, 0) is 0 Å². The van der Waals surface area contributed by atoms with Crippen molar-refractivity contribution in [3.05, 3.63) is 25.3 Å². The number of unbranched alkanes of at least 4 members (excludes halogenated alkanes) is 1. The average molecular weight is 184 g/mol. The van der Waals surface area contributed by atoms with Gasteiger partial charge in [0.2, 0.25) is 0 Å². The summed E-state index contributed by atoms with van der Waals surface area (Å²) in [4.78, 5) is 0. The standard InChI is InChI=1S/C9H18.C3H6O/c1-4-6-7-8-9(3)5-2;1-2-3-4/h4,9H,1,5-8H2,2-3H3;2,4H,1,3H2. The smallest absolute Gasteiger partial charge is 0.0609 e. The molecule has 0 saturated carbocycles. The molecule has 0 saturated heterocycles. The molecular formula is C12H24O. The van der Waals surface area contributed by atoms with E-state index in [9.17, 15) is 0 Å². The summed E-state index contributed by atoms with van der Waals surface area (Å²) in [6, 6.07) is 0. The average Bonchev–Trinajstić information content (AvgIpc) is 2.18. The van der Waals surface area contributed by atoms with Gasteiger partial charge in [-0.05, 0) is 18.8 Å². The van der Waals surface area contributed by atoms with E-state index in [1.54, 1.807) is 0 Å². The maximum absolute atomic E-state index is 7.76. The fourth-order valence-electron chi connectivity index (χ4n) is 0.815. The van der Waals surface area contributed by atoms with Gasteiger partial charge >= 0.3 is 0 Å². The van der Waals surface area contributed by atoms with Crippen LogP contribution in [0.3, 0.4) is 0 Å². The van der Waals surface area contributed by atoms with Gasteiger partial charge in [0.15, 0.2) is 0 Å². The van der Waals surface area contributed by atoms with E-state index in [1.165, 1.54) is 31.8 Å². The van der Waals surface area contributed by atoms with Crippen LogP contribution in [0.2, 0.25) is 0 Å². The van der Waals surface area contributed by atoms with Crippen LogP contribution in [0.1, 0.15) is 39.5 Å². The number of allylic oxidation sites excluding steroid dienone is 1. The second kappa shape index (κ2) is 14.0. The van der Waals surface area contributed by atoms with Gasteiger partial charge in [0, 0.05) is 0 Å². The van der Waals surface area contributed by atoms with Crippen molar-refractivity contribution >= 4 is 0 Å². The molecule has 0 aliphatic carbocycles. The van der Waals surface area contributed by atoms with Crippen LogP contribution in [0.4, 0.5) is 0 Å². The Labute approximate surface area is 83.2 Å². The highest BCUT2D eigenvalue weighted by molar-refractivity contribution is 4.66. The zero-order valence-corrected chi connectivity index (χ0v) is 9.13. The van der Waals surface area contributed by atoms with Gasteiger partial charge < -0.3 is 5.11 Å². The molecule has 13 heavy (non-hydrogen) atoms. The minimum absolute atomic E-state index is 0.0833. The van der Waals surface area contributed by atoms with Gasteiger partial charge in [-0.1, -0.05) is 38.8 Å². The van der Waals surface area contributed by atoms with E-state index >= 15 is 0 Å². The molecule has 0 aliphatic rings. The normalized spacial score (nSPS) is 11.0. The Balaban J connectivity index is 0. The van der Waals surface area contributed by atoms with E-state index in [1.807, 2.05) is 6.08 Å². The van der Waals surface area contributed by atoms with Crippen molar-refractivity contribution in [3.8, 4) is 0 Å². The highest BCUT2D eigenvalue weighted by Gasteiger charge is 1.95. The first kappa shape index (κ1) is 14.9. The van der Waals surface area contributed by atoms with Crippen LogP contribution >= 0.6 is 0 Å². The molecule has 0 heterocycles. The fourth-order valence-corrected chi connectivity index (χ4v) is 0.815. The molecule has 0 fully saturated rings. The Kier molecular flexibility index (Phi) is 16.1. The van der Waals surface area contributed by atoms with Crippen molar-refractivity contribution in [2.24, 2.45) is 5.92 Å². The van der Waals surface area contributed by atoms with Gasteiger partial charge in [-0.3, -0.25) is 0 Å². The van der Waals surface area contributed by atoms with Crippen LogP contribution in [0.25, 0.3) is 0 Å². The van der Waals surface area contributed by atoms with Crippen molar-refractivity contribution in [3.63, 3.8) is 0 Å². The Morgan fingerprint density at radius 2 is 1.85 bits per heavy atom. The molecule has 0 rings (SSSR count). The van der Waals surface area contributed by atoms with Gasteiger partial charge in [0.1, 0.15) is 0 Å². The molecule has 0 aromatic heterocycles. The van der Waals surface area contributed by atoms with E-state index in [0.29, 0.717) is 0 Å². The third-order valence-electron chi connectivity index (χ3n) is 1.93. The lowest BCUT2D eigenvalue weighted by Crippen LogP contribution is -1.90. The highest BCUT2D eigenvalue weighted by Crippen LogP contribution is 2.10. The molecular weight excluding hydrogens is 160 g/mol. The Morgan fingerprint density at radius 3 is 2.15 bits per heavy atom. The highest BCUT2D eigenvalue weighted by atomic mass is 16.2. The molecule has 0 radical (unpaired) electrons. The maximum atomic E-state index is 7.76. The molecule has 0 bridgehead atoms. The zero-order valence-electron chi connectivity index (χ0n) is 9.13. The lowest BCUT2D eigenvalue weighted by Gasteiger charge is -2.04. The number of aliphatic hydroxyl groups is 1. The minimum atomic E-state index is 0.0833. The first-order valence-electron chi connectivity index (χ1n) is 5.05. The molecule has 0 aromatic carbocycles. The largest absolute Gasteiger partial charge is 0.392 e. The predicted octanol–water partition coefficient (Wildman–Crippen LogP) is 3.55. The lowest BCUT2D eigenvalue weighted by atomic mass is 10.0. The molecule has 0 aliphatic heterocycles. The topological polar surface area (TPSA) is 20.2 Å². The summed E-state index contributed by atoms with van der Waals surface area (Å²) in [5.74, 6) is 0.907.